The van der Waals surface area contributed by atoms with E-state index in [1.165, 1.54) is 0 Å². The second-order valence-electron chi connectivity index (χ2n) is 11.7. The number of alkyl halides is 1. The first kappa shape index (κ1) is 31.2. The lowest BCUT2D eigenvalue weighted by molar-refractivity contribution is 0.0588. The number of amides is 2. The zero-order valence-electron chi connectivity index (χ0n) is 26.0. The van der Waals surface area contributed by atoms with Gasteiger partial charge in [0.1, 0.15) is 11.4 Å². The minimum atomic E-state index is -0.365. The third-order valence-corrected chi connectivity index (χ3v) is 12.1. The van der Waals surface area contributed by atoms with Gasteiger partial charge in [0.05, 0.1) is 38.6 Å². The van der Waals surface area contributed by atoms with Gasteiger partial charge < -0.3 is 33.7 Å². The number of nitrogens with zero attached hydrogens (tertiary/aromatic N) is 3. The third kappa shape index (κ3) is 5.10. The number of carbonyl (C=O) groups excluding carboxylic acids is 2. The number of fused-ring (bicyclic) bond motifs is 5. The maximum Gasteiger partial charge on any atom is 0.415 e. The Morgan fingerprint density at radius 2 is 1.67 bits per heavy atom. The summed E-state index contributed by atoms with van der Waals surface area (Å²) in [6.07, 6.45) is -0.365. The van der Waals surface area contributed by atoms with Crippen LogP contribution in [0.4, 0.5) is 10.5 Å². The van der Waals surface area contributed by atoms with Crippen molar-refractivity contribution >= 4 is 72.6 Å². The van der Waals surface area contributed by atoms with Crippen molar-refractivity contribution in [2.75, 3.05) is 70.3 Å². The molecule has 3 aromatic carbocycles. The van der Waals surface area contributed by atoms with E-state index < -0.39 is 0 Å². The number of carbonyl (C=O) groups is 2. The smallest absolute Gasteiger partial charge is 0.415 e. The number of ether oxygens (including phenoxy) is 4. The SMILES string of the molecule is COc1cc2cc(C(=O)N3C[C@@H](CCl)c4c3cc(OC(=O)N3CCN(C)C5CSSC[C@H]53)c3ccccc43)[nH]c2c(OC)c1OC. The van der Waals surface area contributed by atoms with Crippen LogP contribution >= 0.6 is 33.2 Å². The number of methoxy groups -OCH3 is 3. The zero-order chi connectivity index (χ0) is 32.1. The molecule has 242 valence electrons. The quantitative estimate of drug-likeness (QED) is 0.188. The van der Waals surface area contributed by atoms with E-state index in [1.54, 1.807) is 49.2 Å². The molecule has 1 N–H and O–H groups in total. The molecule has 1 unspecified atom stereocenters. The molecular weight excluding hydrogens is 648 g/mol. The van der Waals surface area contributed by atoms with Crippen LogP contribution in [-0.4, -0.2) is 104 Å². The van der Waals surface area contributed by atoms with Crippen molar-refractivity contribution in [3.8, 4) is 23.0 Å². The van der Waals surface area contributed by atoms with Gasteiger partial charge in [0.15, 0.2) is 11.5 Å². The van der Waals surface area contributed by atoms with E-state index in [1.807, 2.05) is 46.0 Å². The molecule has 10 nitrogen and oxygen atoms in total. The van der Waals surface area contributed by atoms with Crippen molar-refractivity contribution in [3.63, 3.8) is 0 Å². The molecule has 1 aromatic heterocycles. The zero-order valence-corrected chi connectivity index (χ0v) is 28.4. The van der Waals surface area contributed by atoms with E-state index in [0.717, 1.165) is 39.8 Å². The van der Waals surface area contributed by atoms with E-state index in [2.05, 4.69) is 16.9 Å². The standard InChI is InChI=1S/C33H35ClN4O6S2/c1-36-9-10-37(25-17-46-45-16-24(25)36)33(40)44-26-13-23-28(21-8-6-5-7-20(21)26)19(14-34)15-38(23)32(39)22-11-18-12-27(41-2)30(42-3)31(43-4)29(18)35-22/h5-8,11-13,19,24-25,35H,9-10,14-17H2,1-4H3/t19-,24?,25-/m1/s1. The van der Waals surface area contributed by atoms with Gasteiger partial charge in [-0.15, -0.1) is 11.6 Å². The van der Waals surface area contributed by atoms with Gasteiger partial charge in [-0.05, 0) is 30.1 Å². The fraction of sp³-hybridized carbons (Fsp3) is 0.394. The Labute approximate surface area is 280 Å². The Kier molecular flexibility index (Phi) is 8.56. The van der Waals surface area contributed by atoms with Gasteiger partial charge in [0, 0.05) is 65.8 Å². The van der Waals surface area contributed by atoms with Gasteiger partial charge in [-0.1, -0.05) is 45.9 Å². The lowest BCUT2D eigenvalue weighted by Crippen LogP contribution is -2.63. The Bertz CT molecular complexity index is 1840. The van der Waals surface area contributed by atoms with Gasteiger partial charge in [-0.3, -0.25) is 9.69 Å². The first-order valence-electron chi connectivity index (χ1n) is 15.1. The maximum atomic E-state index is 14.3. The molecule has 0 aliphatic carbocycles. The molecule has 2 fully saturated rings. The largest absolute Gasteiger partial charge is 0.493 e. The van der Waals surface area contributed by atoms with Crippen LogP contribution in [0, 0.1) is 0 Å². The second kappa shape index (κ2) is 12.6. The predicted molar refractivity (Wildman–Crippen MR) is 185 cm³/mol. The second-order valence-corrected chi connectivity index (χ2v) is 14.5. The highest BCUT2D eigenvalue weighted by atomic mass is 35.5. The van der Waals surface area contributed by atoms with Crippen LogP contribution in [0.3, 0.4) is 0 Å². The van der Waals surface area contributed by atoms with Crippen molar-refractivity contribution in [2.24, 2.45) is 0 Å². The Hall–Kier alpha value is -3.45. The number of anilines is 1. The number of benzene rings is 3. The number of likely N-dealkylation sites (N-methyl/N-ethyl adjacent to an activating group) is 1. The van der Waals surface area contributed by atoms with E-state index in [-0.39, 0.29) is 30.0 Å². The molecule has 4 aromatic rings. The Morgan fingerprint density at radius 1 is 0.935 bits per heavy atom. The molecule has 2 saturated heterocycles. The Balaban J connectivity index is 1.27. The van der Waals surface area contributed by atoms with Crippen LogP contribution in [0.15, 0.2) is 42.5 Å². The van der Waals surface area contributed by atoms with Crippen molar-refractivity contribution in [1.82, 2.24) is 14.8 Å². The summed E-state index contributed by atoms with van der Waals surface area (Å²) in [5.41, 5.74) is 2.64. The molecule has 4 heterocycles. The summed E-state index contributed by atoms with van der Waals surface area (Å²) in [4.78, 5) is 37.3. The van der Waals surface area contributed by atoms with E-state index >= 15 is 0 Å². The molecule has 7 rings (SSSR count). The van der Waals surface area contributed by atoms with E-state index in [9.17, 15) is 9.59 Å². The highest BCUT2D eigenvalue weighted by Gasteiger charge is 2.41. The van der Waals surface area contributed by atoms with E-state index in [4.69, 9.17) is 30.5 Å². The first-order chi connectivity index (χ1) is 22.4. The lowest BCUT2D eigenvalue weighted by Gasteiger charge is -2.47. The molecule has 0 saturated carbocycles. The molecule has 2 amide bonds. The number of hydrogen-bond acceptors (Lipinski definition) is 9. The molecule has 0 spiro atoms. The number of hydrogen-bond donors (Lipinski definition) is 1. The van der Waals surface area contributed by atoms with Crippen LogP contribution in [0.2, 0.25) is 0 Å². The van der Waals surface area contributed by atoms with Crippen molar-refractivity contribution in [2.45, 2.75) is 18.0 Å². The van der Waals surface area contributed by atoms with Crippen LogP contribution in [0.25, 0.3) is 21.7 Å². The fourth-order valence-electron chi connectivity index (χ4n) is 6.97. The minimum absolute atomic E-state index is 0.0770. The van der Waals surface area contributed by atoms with Crippen LogP contribution < -0.4 is 23.8 Å². The lowest BCUT2D eigenvalue weighted by atomic mass is 9.95. The number of nitrogens with one attached hydrogen (secondary N) is 1. The van der Waals surface area contributed by atoms with Gasteiger partial charge in [-0.2, -0.15) is 0 Å². The average Bonchev–Trinajstić information content (AvgIpc) is 3.69. The average molecular weight is 683 g/mol. The van der Waals surface area contributed by atoms with Crippen LogP contribution in [0.1, 0.15) is 22.0 Å². The van der Waals surface area contributed by atoms with Crippen molar-refractivity contribution < 1.29 is 28.5 Å². The normalized spacial score (nSPS) is 21.3. The van der Waals surface area contributed by atoms with Crippen LogP contribution in [-0.2, 0) is 0 Å². The molecule has 0 bridgehead atoms. The molecule has 13 heteroatoms. The molecule has 46 heavy (non-hydrogen) atoms. The summed E-state index contributed by atoms with van der Waals surface area (Å²) >= 11 is 6.54. The highest BCUT2D eigenvalue weighted by Crippen LogP contribution is 2.47. The number of rotatable bonds is 6. The summed E-state index contributed by atoms with van der Waals surface area (Å²) in [7, 11) is 10.4. The fourth-order valence-corrected chi connectivity index (χ4v) is 9.99. The summed E-state index contributed by atoms with van der Waals surface area (Å²) in [6, 6.07) is 13.6. The first-order valence-corrected chi connectivity index (χ1v) is 18.1. The number of halogens is 1. The summed E-state index contributed by atoms with van der Waals surface area (Å²) in [5, 5.41) is 2.47. The van der Waals surface area contributed by atoms with Gasteiger partial charge in [-0.25, -0.2) is 4.79 Å². The molecule has 0 radical (unpaired) electrons. The molecule has 3 atom stereocenters. The van der Waals surface area contributed by atoms with Gasteiger partial charge in [0.25, 0.3) is 5.91 Å². The predicted octanol–water partition coefficient (Wildman–Crippen LogP) is 6.21. The summed E-state index contributed by atoms with van der Waals surface area (Å²) in [6.45, 7) is 1.78. The number of aromatic amines is 1. The monoisotopic (exact) mass is 682 g/mol. The maximum absolute atomic E-state index is 14.3. The Morgan fingerprint density at radius 3 is 2.39 bits per heavy atom. The minimum Gasteiger partial charge on any atom is -0.493 e. The third-order valence-electron chi connectivity index (χ3n) is 9.31. The molecular formula is C33H35ClN4O6S2. The van der Waals surface area contributed by atoms with Gasteiger partial charge in [0.2, 0.25) is 5.75 Å². The summed E-state index contributed by atoms with van der Waals surface area (Å²) < 4.78 is 23.0. The number of H-pyrrole nitrogens is 1. The van der Waals surface area contributed by atoms with Gasteiger partial charge >= 0.3 is 6.09 Å². The van der Waals surface area contributed by atoms with Crippen molar-refractivity contribution in [1.29, 1.82) is 0 Å². The number of aromatic nitrogens is 1. The van der Waals surface area contributed by atoms with Crippen LogP contribution in [0.5, 0.6) is 23.0 Å². The topological polar surface area (TPSA) is 96.6 Å². The van der Waals surface area contributed by atoms with Crippen molar-refractivity contribution in [3.05, 3.63) is 53.7 Å². The van der Waals surface area contributed by atoms with E-state index in [0.29, 0.717) is 58.9 Å². The highest BCUT2D eigenvalue weighted by molar-refractivity contribution is 8.76. The summed E-state index contributed by atoms with van der Waals surface area (Å²) in [5.74, 6) is 3.59. The molecule has 3 aliphatic rings. The number of piperazine rings is 1. The molecule has 3 aliphatic heterocycles.